The van der Waals surface area contributed by atoms with Gasteiger partial charge in [-0.1, -0.05) is 29.3 Å². The van der Waals surface area contributed by atoms with Crippen LogP contribution in [0.4, 0.5) is 11.5 Å². The first-order valence-electron chi connectivity index (χ1n) is 6.18. The number of nitrogens with one attached hydrogen (secondary N) is 1. The van der Waals surface area contributed by atoms with Gasteiger partial charge in [-0.15, -0.1) is 0 Å². The van der Waals surface area contributed by atoms with E-state index in [-0.39, 0.29) is 0 Å². The maximum atomic E-state index is 6.06. The molecule has 0 saturated heterocycles. The van der Waals surface area contributed by atoms with E-state index in [1.807, 2.05) is 36.4 Å². The van der Waals surface area contributed by atoms with Crippen LogP contribution in [0.25, 0.3) is 11.4 Å². The molecule has 3 aromatic rings. The van der Waals surface area contributed by atoms with Gasteiger partial charge in [0, 0.05) is 34.7 Å². The van der Waals surface area contributed by atoms with Gasteiger partial charge in [0.05, 0.1) is 0 Å². The fourth-order valence-electron chi connectivity index (χ4n) is 1.83. The molecule has 2 aromatic heterocycles. The highest BCUT2D eigenvalue weighted by Gasteiger charge is 2.06. The topological polar surface area (TPSA) is 50.7 Å². The standard InChI is InChI=1S/C15H10Cl2N4/c16-11-2-1-3-12(8-11)19-14-9-13(17)20-15(21-14)10-4-6-18-7-5-10/h1-9H,(H,19,20,21). The van der Waals surface area contributed by atoms with E-state index in [4.69, 9.17) is 23.2 Å². The highest BCUT2D eigenvalue weighted by Crippen LogP contribution is 2.23. The molecule has 0 fully saturated rings. The lowest BCUT2D eigenvalue weighted by atomic mass is 10.2. The SMILES string of the molecule is Clc1cccc(Nc2cc(Cl)nc(-c3ccncc3)n2)c1. The van der Waals surface area contributed by atoms with Crippen LogP contribution in [0.2, 0.25) is 10.2 Å². The van der Waals surface area contributed by atoms with Crippen LogP contribution in [0.5, 0.6) is 0 Å². The van der Waals surface area contributed by atoms with Crippen LogP contribution in [-0.2, 0) is 0 Å². The Kier molecular flexibility index (Phi) is 3.99. The van der Waals surface area contributed by atoms with Crippen molar-refractivity contribution in [2.75, 3.05) is 5.32 Å². The van der Waals surface area contributed by atoms with Crippen molar-refractivity contribution in [2.24, 2.45) is 0 Å². The van der Waals surface area contributed by atoms with Gasteiger partial charge in [-0.2, -0.15) is 0 Å². The highest BCUT2D eigenvalue weighted by atomic mass is 35.5. The average Bonchev–Trinajstić information content (AvgIpc) is 2.47. The van der Waals surface area contributed by atoms with Crippen molar-refractivity contribution in [2.45, 2.75) is 0 Å². The van der Waals surface area contributed by atoms with E-state index >= 15 is 0 Å². The molecule has 0 bridgehead atoms. The Labute approximate surface area is 131 Å². The van der Waals surface area contributed by atoms with Crippen molar-refractivity contribution >= 4 is 34.7 Å². The van der Waals surface area contributed by atoms with E-state index in [1.54, 1.807) is 18.5 Å². The number of hydrogen-bond acceptors (Lipinski definition) is 4. The van der Waals surface area contributed by atoms with Crippen molar-refractivity contribution in [1.29, 1.82) is 0 Å². The van der Waals surface area contributed by atoms with Crippen molar-refractivity contribution in [3.05, 3.63) is 65.0 Å². The van der Waals surface area contributed by atoms with E-state index in [9.17, 15) is 0 Å². The van der Waals surface area contributed by atoms with Crippen molar-refractivity contribution in [3.8, 4) is 11.4 Å². The predicted molar refractivity (Wildman–Crippen MR) is 85.0 cm³/mol. The number of nitrogens with zero attached hydrogens (tertiary/aromatic N) is 3. The lowest BCUT2D eigenvalue weighted by molar-refractivity contribution is 1.17. The van der Waals surface area contributed by atoms with Gasteiger partial charge in [0.2, 0.25) is 0 Å². The van der Waals surface area contributed by atoms with Crippen LogP contribution >= 0.6 is 23.2 Å². The zero-order valence-electron chi connectivity index (χ0n) is 10.8. The Morgan fingerprint density at radius 3 is 2.48 bits per heavy atom. The third kappa shape index (κ3) is 3.48. The Bertz CT molecular complexity index is 763. The minimum atomic E-state index is 0.362. The molecule has 0 aliphatic carbocycles. The summed E-state index contributed by atoms with van der Waals surface area (Å²) in [5, 5.41) is 4.17. The molecule has 6 heteroatoms. The number of rotatable bonds is 3. The molecule has 0 aliphatic rings. The smallest absolute Gasteiger partial charge is 0.163 e. The normalized spacial score (nSPS) is 10.4. The van der Waals surface area contributed by atoms with Crippen LogP contribution in [-0.4, -0.2) is 15.0 Å². The fourth-order valence-corrected chi connectivity index (χ4v) is 2.20. The third-order valence-electron chi connectivity index (χ3n) is 2.73. The van der Waals surface area contributed by atoms with E-state index in [1.165, 1.54) is 0 Å². The van der Waals surface area contributed by atoms with Gasteiger partial charge in [-0.3, -0.25) is 4.98 Å². The molecule has 0 atom stereocenters. The number of aromatic nitrogens is 3. The second kappa shape index (κ2) is 6.08. The third-order valence-corrected chi connectivity index (χ3v) is 3.16. The molecule has 1 N–H and O–H groups in total. The summed E-state index contributed by atoms with van der Waals surface area (Å²) in [7, 11) is 0. The molecule has 3 rings (SSSR count). The summed E-state index contributed by atoms with van der Waals surface area (Å²) in [5.74, 6) is 1.14. The zero-order chi connectivity index (χ0) is 14.7. The summed E-state index contributed by atoms with van der Waals surface area (Å²) >= 11 is 12.0. The highest BCUT2D eigenvalue weighted by molar-refractivity contribution is 6.31. The van der Waals surface area contributed by atoms with E-state index in [2.05, 4.69) is 20.3 Å². The summed E-state index contributed by atoms with van der Waals surface area (Å²) in [6, 6.07) is 12.7. The Balaban J connectivity index is 1.95. The summed E-state index contributed by atoms with van der Waals surface area (Å²) in [6.45, 7) is 0. The van der Waals surface area contributed by atoms with Crippen molar-refractivity contribution in [3.63, 3.8) is 0 Å². The molecule has 1 aromatic carbocycles. The van der Waals surface area contributed by atoms with Gasteiger partial charge in [-0.25, -0.2) is 9.97 Å². The Morgan fingerprint density at radius 1 is 0.905 bits per heavy atom. The summed E-state index contributed by atoms with van der Waals surface area (Å²) < 4.78 is 0. The molecule has 0 radical (unpaired) electrons. The number of hydrogen-bond donors (Lipinski definition) is 1. The molecule has 104 valence electrons. The molecule has 0 saturated carbocycles. The Morgan fingerprint density at radius 2 is 1.71 bits per heavy atom. The largest absolute Gasteiger partial charge is 0.340 e. The van der Waals surface area contributed by atoms with Gasteiger partial charge < -0.3 is 5.32 Å². The molecule has 0 aliphatic heterocycles. The van der Waals surface area contributed by atoms with Gasteiger partial charge in [0.25, 0.3) is 0 Å². The molecule has 0 unspecified atom stereocenters. The van der Waals surface area contributed by atoms with Crippen LogP contribution in [0.15, 0.2) is 54.9 Å². The second-order valence-electron chi connectivity index (χ2n) is 4.27. The van der Waals surface area contributed by atoms with E-state index in [0.29, 0.717) is 21.8 Å². The Hall–Kier alpha value is -2.17. The number of halogens is 2. The van der Waals surface area contributed by atoms with Crippen LogP contribution < -0.4 is 5.32 Å². The minimum absolute atomic E-state index is 0.362. The zero-order valence-corrected chi connectivity index (χ0v) is 12.3. The van der Waals surface area contributed by atoms with Gasteiger partial charge in [0.1, 0.15) is 11.0 Å². The molecule has 4 nitrogen and oxygen atoms in total. The molecule has 0 spiro atoms. The lowest BCUT2D eigenvalue weighted by Crippen LogP contribution is -1.97. The molecule has 0 amide bonds. The summed E-state index contributed by atoms with van der Waals surface area (Å²) in [4.78, 5) is 12.6. The minimum Gasteiger partial charge on any atom is -0.340 e. The van der Waals surface area contributed by atoms with Gasteiger partial charge in [-0.05, 0) is 30.3 Å². The molecule has 2 heterocycles. The van der Waals surface area contributed by atoms with Gasteiger partial charge >= 0.3 is 0 Å². The average molecular weight is 317 g/mol. The van der Waals surface area contributed by atoms with Gasteiger partial charge in [0.15, 0.2) is 5.82 Å². The maximum absolute atomic E-state index is 6.06. The lowest BCUT2D eigenvalue weighted by Gasteiger charge is -2.08. The maximum Gasteiger partial charge on any atom is 0.163 e. The second-order valence-corrected chi connectivity index (χ2v) is 5.09. The van der Waals surface area contributed by atoms with Crippen LogP contribution in [0.1, 0.15) is 0 Å². The van der Waals surface area contributed by atoms with E-state index in [0.717, 1.165) is 11.3 Å². The number of pyridine rings is 1. The van der Waals surface area contributed by atoms with Crippen LogP contribution in [0, 0.1) is 0 Å². The molecular weight excluding hydrogens is 307 g/mol. The number of anilines is 2. The van der Waals surface area contributed by atoms with Crippen molar-refractivity contribution in [1.82, 2.24) is 15.0 Å². The summed E-state index contributed by atoms with van der Waals surface area (Å²) in [6.07, 6.45) is 3.37. The summed E-state index contributed by atoms with van der Waals surface area (Å²) in [5.41, 5.74) is 1.68. The first kappa shape index (κ1) is 13.8. The quantitative estimate of drug-likeness (QED) is 0.718. The molecular formula is C15H10Cl2N4. The van der Waals surface area contributed by atoms with E-state index < -0.39 is 0 Å². The number of benzene rings is 1. The van der Waals surface area contributed by atoms with Crippen LogP contribution in [0.3, 0.4) is 0 Å². The first-order chi connectivity index (χ1) is 10.2. The predicted octanol–water partition coefficient (Wildman–Crippen LogP) is 4.59. The fraction of sp³-hybridized carbons (Fsp3) is 0. The first-order valence-corrected chi connectivity index (χ1v) is 6.94. The molecule has 21 heavy (non-hydrogen) atoms. The van der Waals surface area contributed by atoms with Crippen molar-refractivity contribution < 1.29 is 0 Å². The monoisotopic (exact) mass is 316 g/mol.